The Balaban J connectivity index is 2.08. The zero-order valence-corrected chi connectivity index (χ0v) is 12.8. The van der Waals surface area contributed by atoms with Crippen LogP contribution in [0, 0.1) is 17.1 Å². The quantitative estimate of drug-likeness (QED) is 0.631. The number of benzene rings is 1. The van der Waals surface area contributed by atoms with Gasteiger partial charge in [-0.15, -0.1) is 0 Å². The van der Waals surface area contributed by atoms with Crippen LogP contribution in [0.3, 0.4) is 0 Å². The summed E-state index contributed by atoms with van der Waals surface area (Å²) < 4.78 is 49.8. The first-order valence-corrected chi connectivity index (χ1v) is 7.01. The van der Waals surface area contributed by atoms with Crippen LogP contribution >= 0.6 is 11.6 Å². The molecule has 3 aromatic rings. The first-order chi connectivity index (χ1) is 12.0. The van der Waals surface area contributed by atoms with Gasteiger partial charge in [-0.3, -0.25) is 0 Å². The summed E-state index contributed by atoms with van der Waals surface area (Å²) in [5, 5.41) is 12.1. The van der Waals surface area contributed by atoms with Gasteiger partial charge in [-0.2, -0.15) is 5.26 Å². The molecule has 0 atom stereocenters. The van der Waals surface area contributed by atoms with Gasteiger partial charge in [0, 0.05) is 6.07 Å². The molecule has 0 amide bonds. The summed E-state index contributed by atoms with van der Waals surface area (Å²) in [4.78, 5) is 7.41. The summed E-state index contributed by atoms with van der Waals surface area (Å²) in [6.45, 7) is 0. The number of rotatable bonds is 4. The Kier molecular flexibility index (Phi) is 4.54. The minimum Gasteiger partial charge on any atom is -0.437 e. The summed E-state index contributed by atoms with van der Waals surface area (Å²) in [5.74, 6) is -1.40. The van der Waals surface area contributed by atoms with Gasteiger partial charge in [0.25, 0.3) is 6.43 Å². The van der Waals surface area contributed by atoms with E-state index in [2.05, 4.69) is 15.1 Å². The van der Waals surface area contributed by atoms with Gasteiger partial charge in [0.2, 0.25) is 5.88 Å². The molecule has 0 saturated carbocycles. The molecule has 0 unspecified atom stereocenters. The number of alkyl halides is 2. The third-order valence-electron chi connectivity index (χ3n) is 3.06. The van der Waals surface area contributed by atoms with Crippen molar-refractivity contribution in [3.8, 4) is 29.0 Å². The van der Waals surface area contributed by atoms with E-state index in [1.807, 2.05) is 0 Å². The maximum absolute atomic E-state index is 14.2. The largest absolute Gasteiger partial charge is 0.437 e. The van der Waals surface area contributed by atoms with E-state index in [4.69, 9.17) is 26.1 Å². The SMILES string of the molecule is N#Cc1c(Cl)ncnc1Oc1cccc(F)c1-c1cc(C(F)F)no1. The lowest BCUT2D eigenvalue weighted by Crippen LogP contribution is -1.97. The predicted molar refractivity (Wildman–Crippen MR) is 78.7 cm³/mol. The lowest BCUT2D eigenvalue weighted by atomic mass is 10.1. The highest BCUT2D eigenvalue weighted by atomic mass is 35.5. The van der Waals surface area contributed by atoms with Crippen LogP contribution in [0.2, 0.25) is 5.15 Å². The number of ether oxygens (including phenoxy) is 1. The molecule has 1 aromatic carbocycles. The van der Waals surface area contributed by atoms with Crippen molar-refractivity contribution < 1.29 is 22.4 Å². The van der Waals surface area contributed by atoms with Crippen molar-refractivity contribution in [2.45, 2.75) is 6.43 Å². The van der Waals surface area contributed by atoms with Gasteiger partial charge in [-0.1, -0.05) is 22.8 Å². The highest BCUT2D eigenvalue weighted by Gasteiger charge is 2.22. The lowest BCUT2D eigenvalue weighted by Gasteiger charge is -2.10. The predicted octanol–water partition coefficient (Wildman–Crippen LogP) is 4.53. The van der Waals surface area contributed by atoms with Crippen molar-refractivity contribution >= 4 is 11.6 Å². The molecule has 0 radical (unpaired) electrons. The molecular weight excluding hydrogens is 361 g/mol. The van der Waals surface area contributed by atoms with Crippen molar-refractivity contribution in [2.75, 3.05) is 0 Å². The molecule has 0 bridgehead atoms. The fourth-order valence-corrected chi connectivity index (χ4v) is 2.13. The molecule has 0 saturated heterocycles. The van der Waals surface area contributed by atoms with Crippen LogP contribution in [0.5, 0.6) is 11.6 Å². The lowest BCUT2D eigenvalue weighted by molar-refractivity contribution is 0.140. The monoisotopic (exact) mass is 366 g/mol. The second-order valence-corrected chi connectivity index (χ2v) is 4.95. The summed E-state index contributed by atoms with van der Waals surface area (Å²) >= 11 is 5.78. The second kappa shape index (κ2) is 6.78. The number of hydrogen-bond acceptors (Lipinski definition) is 6. The number of nitrogens with zero attached hydrogens (tertiary/aromatic N) is 4. The second-order valence-electron chi connectivity index (χ2n) is 4.59. The summed E-state index contributed by atoms with van der Waals surface area (Å²) in [5.41, 5.74) is -1.06. The van der Waals surface area contributed by atoms with E-state index in [1.165, 1.54) is 12.1 Å². The Morgan fingerprint density at radius 3 is 2.76 bits per heavy atom. The molecule has 3 rings (SSSR count). The van der Waals surface area contributed by atoms with Crippen LogP contribution in [0.25, 0.3) is 11.3 Å². The van der Waals surface area contributed by atoms with Crippen molar-refractivity contribution in [3.63, 3.8) is 0 Å². The van der Waals surface area contributed by atoms with E-state index in [1.54, 1.807) is 6.07 Å². The van der Waals surface area contributed by atoms with Gasteiger partial charge < -0.3 is 9.26 Å². The van der Waals surface area contributed by atoms with Crippen LogP contribution in [-0.2, 0) is 0 Å². The van der Waals surface area contributed by atoms with Gasteiger partial charge in [-0.25, -0.2) is 23.1 Å². The zero-order chi connectivity index (χ0) is 18.0. The van der Waals surface area contributed by atoms with Crippen molar-refractivity contribution in [3.05, 3.63) is 52.8 Å². The topological polar surface area (TPSA) is 84.8 Å². The van der Waals surface area contributed by atoms with Crippen molar-refractivity contribution in [2.24, 2.45) is 0 Å². The minimum atomic E-state index is -2.88. The molecule has 2 aromatic heterocycles. The summed E-state index contributed by atoms with van der Waals surface area (Å²) in [7, 11) is 0. The molecule has 2 heterocycles. The van der Waals surface area contributed by atoms with Gasteiger partial charge in [-0.05, 0) is 12.1 Å². The van der Waals surface area contributed by atoms with Gasteiger partial charge in [0.1, 0.15) is 29.7 Å². The summed E-state index contributed by atoms with van der Waals surface area (Å²) in [6.07, 6.45) is -1.82. The standard InChI is InChI=1S/C15H6ClF3N4O2/c16-13-7(5-20)15(22-6-21-13)24-10-3-1-2-8(17)12(10)11-4-9(14(18)19)23-25-11/h1-4,6,14H. The van der Waals surface area contributed by atoms with E-state index >= 15 is 0 Å². The third kappa shape index (κ3) is 3.25. The first-order valence-electron chi connectivity index (χ1n) is 6.63. The Bertz CT molecular complexity index is 972. The van der Waals surface area contributed by atoms with Crippen molar-refractivity contribution in [1.82, 2.24) is 15.1 Å². The number of nitriles is 1. The van der Waals surface area contributed by atoms with Gasteiger partial charge in [0.05, 0.1) is 5.56 Å². The van der Waals surface area contributed by atoms with E-state index in [-0.39, 0.29) is 33.7 Å². The maximum Gasteiger partial charge on any atom is 0.283 e. The Hall–Kier alpha value is -3.12. The molecule has 0 fully saturated rings. The molecule has 10 heteroatoms. The van der Waals surface area contributed by atoms with Crippen LogP contribution < -0.4 is 4.74 Å². The number of halogens is 4. The summed E-state index contributed by atoms with van der Waals surface area (Å²) in [6, 6.07) is 6.43. The molecule has 0 aliphatic carbocycles. The highest BCUT2D eigenvalue weighted by Crippen LogP contribution is 2.37. The molecule has 126 valence electrons. The zero-order valence-electron chi connectivity index (χ0n) is 12.1. The molecule has 0 aliphatic rings. The average molecular weight is 367 g/mol. The minimum absolute atomic E-state index is 0.122. The van der Waals surface area contributed by atoms with Crippen LogP contribution in [0.4, 0.5) is 13.2 Å². The Labute approximate surface area is 143 Å². The van der Waals surface area contributed by atoms with E-state index in [9.17, 15) is 13.2 Å². The van der Waals surface area contributed by atoms with E-state index < -0.39 is 17.9 Å². The molecule has 0 aliphatic heterocycles. The van der Waals surface area contributed by atoms with Crippen molar-refractivity contribution in [1.29, 1.82) is 5.26 Å². The molecular formula is C15H6ClF3N4O2. The Morgan fingerprint density at radius 2 is 2.08 bits per heavy atom. The molecule has 0 N–H and O–H groups in total. The van der Waals surface area contributed by atoms with Crippen LogP contribution in [0.15, 0.2) is 35.1 Å². The Morgan fingerprint density at radius 1 is 1.28 bits per heavy atom. The van der Waals surface area contributed by atoms with Gasteiger partial charge >= 0.3 is 0 Å². The van der Waals surface area contributed by atoms with E-state index in [0.29, 0.717) is 0 Å². The van der Waals surface area contributed by atoms with E-state index in [0.717, 1.165) is 18.5 Å². The van der Waals surface area contributed by atoms with Crippen LogP contribution in [0.1, 0.15) is 17.7 Å². The van der Waals surface area contributed by atoms with Gasteiger partial charge in [0.15, 0.2) is 16.5 Å². The van der Waals surface area contributed by atoms with Crippen LogP contribution in [-0.4, -0.2) is 15.1 Å². The normalized spacial score (nSPS) is 10.7. The third-order valence-corrected chi connectivity index (χ3v) is 3.34. The number of aromatic nitrogens is 3. The fourth-order valence-electron chi connectivity index (χ4n) is 1.96. The maximum atomic E-state index is 14.2. The molecule has 0 spiro atoms. The molecule has 25 heavy (non-hydrogen) atoms. The smallest absolute Gasteiger partial charge is 0.283 e. The highest BCUT2D eigenvalue weighted by molar-refractivity contribution is 6.30. The molecule has 6 nitrogen and oxygen atoms in total. The number of hydrogen-bond donors (Lipinski definition) is 0. The first kappa shape index (κ1) is 16.7. The average Bonchev–Trinajstić information content (AvgIpc) is 3.05. The fraction of sp³-hybridized carbons (Fsp3) is 0.0667.